The summed E-state index contributed by atoms with van der Waals surface area (Å²) in [5.41, 5.74) is 1.69. The molecule has 2 aromatic rings. The van der Waals surface area contributed by atoms with Crippen molar-refractivity contribution in [2.45, 2.75) is 6.92 Å². The molecule has 3 heteroatoms. The van der Waals surface area contributed by atoms with E-state index in [1.807, 2.05) is 49.4 Å². The van der Waals surface area contributed by atoms with E-state index in [0.29, 0.717) is 0 Å². The van der Waals surface area contributed by atoms with E-state index in [9.17, 15) is 4.79 Å². The van der Waals surface area contributed by atoms with Crippen molar-refractivity contribution in [3.8, 4) is 0 Å². The van der Waals surface area contributed by atoms with E-state index in [1.54, 1.807) is 4.57 Å². The molecule has 2 rings (SSSR count). The summed E-state index contributed by atoms with van der Waals surface area (Å²) in [7, 11) is 1.39. The van der Waals surface area contributed by atoms with Crippen LogP contribution in [0, 0.1) is 0 Å². The van der Waals surface area contributed by atoms with Crippen LogP contribution < -0.4 is 0 Å². The highest BCUT2D eigenvalue weighted by Crippen LogP contribution is 2.20. The van der Waals surface area contributed by atoms with Crippen LogP contribution in [0.4, 0.5) is 4.79 Å². The van der Waals surface area contributed by atoms with Gasteiger partial charge >= 0.3 is 6.09 Å². The number of carbonyl (C=O) groups is 1. The fourth-order valence-corrected chi connectivity index (χ4v) is 1.76. The molecule has 0 amide bonds. The molecule has 0 aliphatic rings. The van der Waals surface area contributed by atoms with Gasteiger partial charge in [0.15, 0.2) is 0 Å². The van der Waals surface area contributed by atoms with Crippen molar-refractivity contribution < 1.29 is 9.53 Å². The zero-order chi connectivity index (χ0) is 11.5. The number of nitrogens with zero attached hydrogens (tertiary/aromatic N) is 1. The minimum atomic E-state index is -0.366. The second-order valence-electron chi connectivity index (χ2n) is 3.43. The molecular formula is C13H13NO2. The molecule has 0 saturated heterocycles. The Balaban J connectivity index is 2.74. The summed E-state index contributed by atoms with van der Waals surface area (Å²) in [6.07, 6.45) is 3.42. The molecule has 0 aliphatic heterocycles. The summed E-state index contributed by atoms with van der Waals surface area (Å²) >= 11 is 0. The van der Waals surface area contributed by atoms with Crippen LogP contribution in [0.25, 0.3) is 17.0 Å². The van der Waals surface area contributed by atoms with Crippen LogP contribution in [0.1, 0.15) is 12.6 Å². The number of carbonyl (C=O) groups excluding carboxylic acids is 1. The number of hydrogen-bond donors (Lipinski definition) is 0. The van der Waals surface area contributed by atoms with Crippen LogP contribution in [0.3, 0.4) is 0 Å². The van der Waals surface area contributed by atoms with Gasteiger partial charge in [-0.1, -0.05) is 24.3 Å². The number of aromatic nitrogens is 1. The van der Waals surface area contributed by atoms with Crippen molar-refractivity contribution in [3.63, 3.8) is 0 Å². The molecule has 3 nitrogen and oxygen atoms in total. The van der Waals surface area contributed by atoms with Crippen molar-refractivity contribution >= 4 is 23.1 Å². The first-order chi connectivity index (χ1) is 7.77. The van der Waals surface area contributed by atoms with Crippen molar-refractivity contribution in [2.75, 3.05) is 7.11 Å². The normalized spacial score (nSPS) is 11.1. The zero-order valence-electron chi connectivity index (χ0n) is 9.31. The molecule has 0 N–H and O–H groups in total. The Hall–Kier alpha value is -2.03. The molecule has 16 heavy (non-hydrogen) atoms. The van der Waals surface area contributed by atoms with E-state index in [4.69, 9.17) is 4.74 Å². The molecule has 0 unspecified atom stereocenters. The van der Waals surface area contributed by atoms with Crippen LogP contribution in [0.15, 0.2) is 36.4 Å². The Kier molecular flexibility index (Phi) is 2.77. The van der Waals surface area contributed by atoms with Gasteiger partial charge in [-0.3, -0.25) is 0 Å². The lowest BCUT2D eigenvalue weighted by atomic mass is 10.2. The maximum Gasteiger partial charge on any atom is 0.418 e. The molecule has 0 aliphatic carbocycles. The van der Waals surface area contributed by atoms with Crippen LogP contribution in [0.5, 0.6) is 0 Å². The Labute approximate surface area is 93.9 Å². The maximum atomic E-state index is 11.7. The standard InChI is InChI=1S/C13H13NO2/c1-3-6-11-9-10-7-4-5-8-12(10)14(11)13(15)16-2/h3-9H,1-2H3/b6-3+. The number of hydrogen-bond acceptors (Lipinski definition) is 2. The lowest BCUT2D eigenvalue weighted by Crippen LogP contribution is -2.12. The van der Waals surface area contributed by atoms with Crippen molar-refractivity contribution in [3.05, 3.63) is 42.1 Å². The number of para-hydroxylation sites is 1. The number of rotatable bonds is 1. The minimum Gasteiger partial charge on any atom is -0.452 e. The molecule has 0 bridgehead atoms. The fourth-order valence-electron chi connectivity index (χ4n) is 1.76. The SMILES string of the molecule is C/C=C/c1cc2ccccc2n1C(=O)OC. The van der Waals surface area contributed by atoms with Crippen molar-refractivity contribution in [1.29, 1.82) is 0 Å². The summed E-state index contributed by atoms with van der Waals surface area (Å²) in [4.78, 5) is 11.7. The van der Waals surface area contributed by atoms with E-state index < -0.39 is 0 Å². The molecule has 1 heterocycles. The van der Waals surface area contributed by atoms with E-state index in [-0.39, 0.29) is 6.09 Å². The van der Waals surface area contributed by atoms with Crippen LogP contribution in [0.2, 0.25) is 0 Å². The third kappa shape index (κ3) is 1.60. The van der Waals surface area contributed by atoms with Gasteiger partial charge in [-0.2, -0.15) is 0 Å². The highest BCUT2D eigenvalue weighted by molar-refractivity contribution is 5.92. The van der Waals surface area contributed by atoms with Gasteiger partial charge in [-0.25, -0.2) is 9.36 Å². The summed E-state index contributed by atoms with van der Waals surface area (Å²) in [6, 6.07) is 9.69. The summed E-state index contributed by atoms with van der Waals surface area (Å²) < 4.78 is 6.34. The van der Waals surface area contributed by atoms with Gasteiger partial charge < -0.3 is 4.74 Å². The number of fused-ring (bicyclic) bond motifs is 1. The average Bonchev–Trinajstić information content (AvgIpc) is 2.66. The summed E-state index contributed by atoms with van der Waals surface area (Å²) in [6.45, 7) is 1.92. The van der Waals surface area contributed by atoms with Gasteiger partial charge in [0.05, 0.1) is 18.3 Å². The molecule has 0 atom stereocenters. The second kappa shape index (κ2) is 4.23. The number of ether oxygens (including phenoxy) is 1. The second-order valence-corrected chi connectivity index (χ2v) is 3.43. The van der Waals surface area contributed by atoms with Gasteiger partial charge in [-0.05, 0) is 25.1 Å². The predicted molar refractivity (Wildman–Crippen MR) is 64.4 cm³/mol. The molecule has 0 radical (unpaired) electrons. The van der Waals surface area contributed by atoms with E-state index in [0.717, 1.165) is 16.6 Å². The minimum absolute atomic E-state index is 0.366. The summed E-state index contributed by atoms with van der Waals surface area (Å²) in [5.74, 6) is 0. The molecule has 82 valence electrons. The van der Waals surface area contributed by atoms with Gasteiger partial charge in [-0.15, -0.1) is 0 Å². The molecule has 1 aromatic carbocycles. The number of benzene rings is 1. The lowest BCUT2D eigenvalue weighted by Gasteiger charge is -2.04. The van der Waals surface area contributed by atoms with Crippen molar-refractivity contribution in [1.82, 2.24) is 4.57 Å². The smallest absolute Gasteiger partial charge is 0.418 e. The first-order valence-electron chi connectivity index (χ1n) is 5.09. The number of allylic oxidation sites excluding steroid dienone is 1. The highest BCUT2D eigenvalue weighted by atomic mass is 16.5. The van der Waals surface area contributed by atoms with E-state index >= 15 is 0 Å². The monoisotopic (exact) mass is 215 g/mol. The Morgan fingerprint density at radius 3 is 2.81 bits per heavy atom. The third-order valence-corrected chi connectivity index (χ3v) is 2.43. The maximum absolute atomic E-state index is 11.7. The largest absolute Gasteiger partial charge is 0.452 e. The lowest BCUT2D eigenvalue weighted by molar-refractivity contribution is 0.174. The highest BCUT2D eigenvalue weighted by Gasteiger charge is 2.12. The Morgan fingerprint density at radius 1 is 1.38 bits per heavy atom. The molecule has 0 saturated carbocycles. The topological polar surface area (TPSA) is 31.2 Å². The van der Waals surface area contributed by atoms with Crippen LogP contribution in [-0.2, 0) is 4.74 Å². The Bertz CT molecular complexity index is 552. The molecule has 0 spiro atoms. The number of methoxy groups -OCH3 is 1. The van der Waals surface area contributed by atoms with E-state index in [1.165, 1.54) is 7.11 Å². The average molecular weight is 215 g/mol. The quantitative estimate of drug-likeness (QED) is 0.730. The molecule has 0 fully saturated rings. The Morgan fingerprint density at radius 2 is 2.12 bits per heavy atom. The van der Waals surface area contributed by atoms with Gasteiger partial charge in [0.25, 0.3) is 0 Å². The van der Waals surface area contributed by atoms with Gasteiger partial charge in [0.2, 0.25) is 0 Å². The van der Waals surface area contributed by atoms with Crippen LogP contribution in [-0.4, -0.2) is 17.8 Å². The van der Waals surface area contributed by atoms with Crippen LogP contribution >= 0.6 is 0 Å². The summed E-state index contributed by atoms with van der Waals surface area (Å²) in [5, 5.41) is 1.03. The third-order valence-electron chi connectivity index (χ3n) is 2.43. The van der Waals surface area contributed by atoms with E-state index in [2.05, 4.69) is 0 Å². The first kappa shape index (κ1) is 10.5. The van der Waals surface area contributed by atoms with Gasteiger partial charge in [0.1, 0.15) is 0 Å². The van der Waals surface area contributed by atoms with Crippen molar-refractivity contribution in [2.24, 2.45) is 0 Å². The fraction of sp³-hybridized carbons (Fsp3) is 0.154. The van der Waals surface area contributed by atoms with Gasteiger partial charge in [0, 0.05) is 5.39 Å². The molecular weight excluding hydrogens is 202 g/mol. The predicted octanol–water partition coefficient (Wildman–Crippen LogP) is 3.29. The first-order valence-corrected chi connectivity index (χ1v) is 5.09. The zero-order valence-corrected chi connectivity index (χ0v) is 9.31. The molecule has 1 aromatic heterocycles.